The van der Waals surface area contributed by atoms with Gasteiger partial charge in [0.2, 0.25) is 0 Å². The molecule has 0 saturated heterocycles. The van der Waals surface area contributed by atoms with E-state index in [9.17, 15) is 4.79 Å². The van der Waals surface area contributed by atoms with Crippen LogP contribution in [0.4, 0.5) is 5.69 Å². The fraction of sp³-hybridized carbons (Fsp3) is 0.308. The van der Waals surface area contributed by atoms with Gasteiger partial charge in [-0.05, 0) is 6.07 Å². The van der Waals surface area contributed by atoms with Crippen LogP contribution in [0.3, 0.4) is 0 Å². The van der Waals surface area contributed by atoms with E-state index < -0.39 is 5.97 Å². The maximum Gasteiger partial charge on any atom is 0.306 e. The van der Waals surface area contributed by atoms with Crippen molar-refractivity contribution in [2.75, 3.05) is 19.0 Å². The van der Waals surface area contributed by atoms with Crippen LogP contribution in [0.1, 0.15) is 6.42 Å². The third kappa shape index (κ3) is 3.38. The van der Waals surface area contributed by atoms with E-state index in [0.717, 1.165) is 16.6 Å². The second kappa shape index (κ2) is 6.10. The first kappa shape index (κ1) is 13.2. The Balaban J connectivity index is 2.11. The van der Waals surface area contributed by atoms with Crippen LogP contribution in [0.25, 0.3) is 10.9 Å². The zero-order valence-corrected chi connectivity index (χ0v) is 10.5. The van der Waals surface area contributed by atoms with E-state index in [0.29, 0.717) is 6.54 Å². The fourth-order valence-corrected chi connectivity index (χ4v) is 1.81. The van der Waals surface area contributed by atoms with Crippen molar-refractivity contribution in [3.63, 3.8) is 0 Å². The molecule has 2 rings (SSSR count). The van der Waals surface area contributed by atoms with Gasteiger partial charge in [-0.15, -0.1) is 0 Å². The first-order valence-corrected chi connectivity index (χ1v) is 5.89. The number of nitrogens with zero attached hydrogens (tertiary/aromatic N) is 2. The molecular formula is C13H15N3O3. The van der Waals surface area contributed by atoms with Crippen molar-refractivity contribution in [1.82, 2.24) is 10.2 Å². The van der Waals surface area contributed by atoms with Crippen molar-refractivity contribution in [2.24, 2.45) is 0 Å². The molecule has 0 amide bonds. The number of aromatic nitrogens is 2. The Labute approximate surface area is 110 Å². The summed E-state index contributed by atoms with van der Waals surface area (Å²) >= 11 is 0. The van der Waals surface area contributed by atoms with Gasteiger partial charge < -0.3 is 15.2 Å². The molecule has 0 spiro atoms. The molecule has 2 N–H and O–H groups in total. The highest BCUT2D eigenvalue weighted by Crippen LogP contribution is 2.19. The van der Waals surface area contributed by atoms with Crippen LogP contribution < -0.4 is 5.32 Å². The van der Waals surface area contributed by atoms with Crippen molar-refractivity contribution in [2.45, 2.75) is 12.5 Å². The zero-order chi connectivity index (χ0) is 13.7. The maximum atomic E-state index is 10.7. The minimum atomic E-state index is -0.883. The van der Waals surface area contributed by atoms with Crippen molar-refractivity contribution in [1.29, 1.82) is 0 Å². The number of carboxylic acids is 1. The van der Waals surface area contributed by atoms with E-state index in [1.165, 1.54) is 7.11 Å². The Kier molecular flexibility index (Phi) is 4.25. The molecule has 1 atom stereocenters. The van der Waals surface area contributed by atoms with Crippen LogP contribution in [0, 0.1) is 0 Å². The Morgan fingerprint density at radius 2 is 2.26 bits per heavy atom. The van der Waals surface area contributed by atoms with Gasteiger partial charge >= 0.3 is 5.97 Å². The van der Waals surface area contributed by atoms with Crippen LogP contribution in [-0.2, 0) is 9.53 Å². The summed E-state index contributed by atoms with van der Waals surface area (Å²) in [5.74, 6) is -0.883. The van der Waals surface area contributed by atoms with Gasteiger partial charge in [-0.1, -0.05) is 18.2 Å². The van der Waals surface area contributed by atoms with Gasteiger partial charge in [-0.25, -0.2) is 0 Å². The standard InChI is InChI=1S/C13H15N3O3/c1-19-9(6-13(17)18)7-14-12-8-15-16-11-5-3-2-4-10(11)12/h2-5,8-9H,6-7H2,1H3,(H,14,16)(H,17,18). The number of aliphatic carboxylic acids is 1. The van der Waals surface area contributed by atoms with Gasteiger partial charge in [0.25, 0.3) is 0 Å². The van der Waals surface area contributed by atoms with Gasteiger partial charge in [0.1, 0.15) is 0 Å². The smallest absolute Gasteiger partial charge is 0.306 e. The second-order valence-corrected chi connectivity index (χ2v) is 4.11. The third-order valence-corrected chi connectivity index (χ3v) is 2.80. The molecule has 2 aromatic rings. The van der Waals surface area contributed by atoms with Gasteiger partial charge in [-0.2, -0.15) is 10.2 Å². The molecule has 6 nitrogen and oxygen atoms in total. The lowest BCUT2D eigenvalue weighted by Crippen LogP contribution is -2.25. The molecule has 6 heteroatoms. The van der Waals surface area contributed by atoms with Gasteiger partial charge in [0, 0.05) is 19.0 Å². The molecule has 0 radical (unpaired) electrons. The van der Waals surface area contributed by atoms with E-state index in [4.69, 9.17) is 9.84 Å². The quantitative estimate of drug-likeness (QED) is 0.820. The van der Waals surface area contributed by atoms with E-state index in [1.54, 1.807) is 6.20 Å². The summed E-state index contributed by atoms with van der Waals surface area (Å²) in [7, 11) is 1.50. The average Bonchev–Trinajstić information content (AvgIpc) is 2.43. The van der Waals surface area contributed by atoms with Crippen LogP contribution in [-0.4, -0.2) is 41.0 Å². The van der Waals surface area contributed by atoms with Gasteiger partial charge in [0.15, 0.2) is 0 Å². The molecule has 1 heterocycles. The lowest BCUT2D eigenvalue weighted by molar-refractivity contribution is -0.139. The van der Waals surface area contributed by atoms with Gasteiger partial charge in [0.05, 0.1) is 29.9 Å². The summed E-state index contributed by atoms with van der Waals surface area (Å²) in [6, 6.07) is 7.62. The normalized spacial score (nSPS) is 12.3. The summed E-state index contributed by atoms with van der Waals surface area (Å²) in [6.45, 7) is 0.401. The lowest BCUT2D eigenvalue weighted by Gasteiger charge is -2.15. The number of rotatable bonds is 6. The molecule has 0 aliphatic carbocycles. The average molecular weight is 261 g/mol. The molecule has 0 fully saturated rings. The molecule has 0 bridgehead atoms. The Hall–Kier alpha value is -2.21. The SMILES string of the molecule is COC(CNc1cnnc2ccccc12)CC(=O)O. The minimum absolute atomic E-state index is 0.0417. The van der Waals surface area contributed by atoms with Crippen molar-refractivity contribution in [3.05, 3.63) is 30.5 Å². The van der Waals surface area contributed by atoms with Crippen LogP contribution in [0.2, 0.25) is 0 Å². The predicted octanol–water partition coefficient (Wildman–Crippen LogP) is 1.53. The highest BCUT2D eigenvalue weighted by atomic mass is 16.5. The third-order valence-electron chi connectivity index (χ3n) is 2.80. The number of methoxy groups -OCH3 is 1. The Morgan fingerprint density at radius 3 is 3.00 bits per heavy atom. The number of hydrogen-bond donors (Lipinski definition) is 2. The molecule has 0 saturated carbocycles. The van der Waals surface area contributed by atoms with Crippen LogP contribution in [0.5, 0.6) is 0 Å². The van der Waals surface area contributed by atoms with Crippen LogP contribution >= 0.6 is 0 Å². The number of nitrogens with one attached hydrogen (secondary N) is 1. The van der Waals surface area contributed by atoms with Crippen LogP contribution in [0.15, 0.2) is 30.5 Å². The predicted molar refractivity (Wildman–Crippen MR) is 71.1 cm³/mol. The minimum Gasteiger partial charge on any atom is -0.481 e. The molecule has 1 unspecified atom stereocenters. The first-order chi connectivity index (χ1) is 9.20. The summed E-state index contributed by atoms with van der Waals surface area (Å²) in [5, 5.41) is 20.8. The van der Waals surface area contributed by atoms with E-state index in [1.807, 2.05) is 24.3 Å². The molecule has 19 heavy (non-hydrogen) atoms. The zero-order valence-electron chi connectivity index (χ0n) is 10.5. The summed E-state index contributed by atoms with van der Waals surface area (Å²) < 4.78 is 5.12. The van der Waals surface area contributed by atoms with E-state index in [2.05, 4.69) is 15.5 Å². The number of fused-ring (bicyclic) bond motifs is 1. The number of ether oxygens (including phenoxy) is 1. The summed E-state index contributed by atoms with van der Waals surface area (Å²) in [4.78, 5) is 10.7. The monoisotopic (exact) mass is 261 g/mol. The second-order valence-electron chi connectivity index (χ2n) is 4.11. The van der Waals surface area contributed by atoms with Crippen molar-refractivity contribution >= 4 is 22.6 Å². The number of benzene rings is 1. The molecule has 100 valence electrons. The van der Waals surface area contributed by atoms with E-state index in [-0.39, 0.29) is 12.5 Å². The van der Waals surface area contributed by atoms with Crippen molar-refractivity contribution in [3.8, 4) is 0 Å². The summed E-state index contributed by atoms with van der Waals surface area (Å²) in [6.07, 6.45) is 1.19. The molecule has 1 aromatic heterocycles. The molecule has 0 aliphatic rings. The number of anilines is 1. The number of carboxylic acid groups (broad SMARTS) is 1. The number of hydrogen-bond acceptors (Lipinski definition) is 5. The van der Waals surface area contributed by atoms with Crippen molar-refractivity contribution < 1.29 is 14.6 Å². The first-order valence-electron chi connectivity index (χ1n) is 5.89. The van der Waals surface area contributed by atoms with Gasteiger partial charge in [-0.3, -0.25) is 4.79 Å². The maximum absolute atomic E-state index is 10.7. The molecule has 1 aromatic carbocycles. The topological polar surface area (TPSA) is 84.3 Å². The lowest BCUT2D eigenvalue weighted by atomic mass is 10.2. The fourth-order valence-electron chi connectivity index (χ4n) is 1.81. The summed E-state index contributed by atoms with van der Waals surface area (Å²) in [5.41, 5.74) is 1.61. The molecule has 0 aliphatic heterocycles. The van der Waals surface area contributed by atoms with E-state index >= 15 is 0 Å². The largest absolute Gasteiger partial charge is 0.481 e. The highest BCUT2D eigenvalue weighted by molar-refractivity contribution is 5.90. The highest BCUT2D eigenvalue weighted by Gasteiger charge is 2.12. The number of carbonyl (C=O) groups is 1. The molecular weight excluding hydrogens is 246 g/mol. The Morgan fingerprint density at radius 1 is 1.47 bits per heavy atom. The Bertz CT molecular complexity index is 569.